The van der Waals surface area contributed by atoms with Gasteiger partial charge in [0.1, 0.15) is 17.3 Å². The molecule has 0 saturated heterocycles. The van der Waals surface area contributed by atoms with Crippen molar-refractivity contribution >= 4 is 43.2 Å². The number of rotatable bonds is 6. The Morgan fingerprint density at radius 3 is 2.50 bits per heavy atom. The highest BCUT2D eigenvalue weighted by atomic mass is 79.9. The van der Waals surface area contributed by atoms with E-state index in [1.807, 2.05) is 0 Å². The first-order valence-electron chi connectivity index (χ1n) is 8.10. The predicted octanol–water partition coefficient (Wildman–Crippen LogP) is 3.82. The lowest BCUT2D eigenvalue weighted by Crippen LogP contribution is -2.38. The average molecular weight is 464 g/mol. The van der Waals surface area contributed by atoms with Gasteiger partial charge >= 0.3 is 0 Å². The van der Waals surface area contributed by atoms with Crippen LogP contribution in [-0.2, 0) is 14.8 Å². The number of sulfonamides is 1. The van der Waals surface area contributed by atoms with Crippen molar-refractivity contribution in [3.05, 3.63) is 83.3 Å². The number of pyridine rings is 1. The molecule has 9 heteroatoms. The molecule has 0 atom stereocenters. The monoisotopic (exact) mass is 463 g/mol. The molecule has 0 aliphatic carbocycles. The maximum atomic E-state index is 13.3. The average Bonchev–Trinajstić information content (AvgIpc) is 2.67. The molecule has 3 rings (SSSR count). The maximum Gasteiger partial charge on any atom is 0.266 e. The number of carbonyl (C=O) groups is 1. The number of nitrogens with one attached hydrogen (secondary N) is 1. The van der Waals surface area contributed by atoms with Crippen LogP contribution in [0.25, 0.3) is 0 Å². The van der Waals surface area contributed by atoms with Crippen molar-refractivity contribution in [3.8, 4) is 0 Å². The van der Waals surface area contributed by atoms with E-state index < -0.39 is 28.3 Å². The highest BCUT2D eigenvalue weighted by Crippen LogP contribution is 2.24. The van der Waals surface area contributed by atoms with Crippen LogP contribution in [0, 0.1) is 5.82 Å². The Kier molecular flexibility index (Phi) is 6.05. The molecule has 6 nitrogen and oxygen atoms in total. The smallest absolute Gasteiger partial charge is 0.266 e. The number of halogens is 2. The summed E-state index contributed by atoms with van der Waals surface area (Å²) in [6, 6.07) is 14.6. The fraction of sp³-hybridized carbons (Fsp3) is 0.0526. The van der Waals surface area contributed by atoms with Gasteiger partial charge in [0, 0.05) is 22.6 Å². The third kappa shape index (κ3) is 4.73. The second-order valence-corrected chi connectivity index (χ2v) is 8.51. The summed E-state index contributed by atoms with van der Waals surface area (Å²) >= 11 is 3.31. The van der Waals surface area contributed by atoms with Crippen LogP contribution in [0.5, 0.6) is 0 Å². The quantitative estimate of drug-likeness (QED) is 0.602. The molecule has 1 N–H and O–H groups in total. The third-order valence-corrected chi connectivity index (χ3v) is 5.98. The van der Waals surface area contributed by atoms with Gasteiger partial charge in [0.15, 0.2) is 0 Å². The van der Waals surface area contributed by atoms with E-state index >= 15 is 0 Å². The summed E-state index contributed by atoms with van der Waals surface area (Å²) in [5, 5.41) is 2.65. The Morgan fingerprint density at radius 2 is 1.86 bits per heavy atom. The molecule has 0 fully saturated rings. The number of anilines is 2. The SMILES string of the molecule is O=C(CN(c1ccc(F)cc1)S(=O)(=O)c1cccnc1)Nc1cccc(Br)c1. The van der Waals surface area contributed by atoms with E-state index in [2.05, 4.69) is 26.2 Å². The Bertz CT molecular complexity index is 1080. The van der Waals surface area contributed by atoms with Gasteiger partial charge in [-0.05, 0) is 54.6 Å². The van der Waals surface area contributed by atoms with Crippen LogP contribution in [0.2, 0.25) is 0 Å². The molecule has 3 aromatic rings. The van der Waals surface area contributed by atoms with Gasteiger partial charge in [-0.3, -0.25) is 14.1 Å². The summed E-state index contributed by atoms with van der Waals surface area (Å²) in [4.78, 5) is 16.3. The number of benzene rings is 2. The molecule has 0 saturated carbocycles. The molecule has 1 amide bonds. The Labute approximate surface area is 170 Å². The molecular weight excluding hydrogens is 449 g/mol. The van der Waals surface area contributed by atoms with Gasteiger partial charge in [-0.25, -0.2) is 12.8 Å². The fourth-order valence-electron chi connectivity index (χ4n) is 2.45. The van der Waals surface area contributed by atoms with Gasteiger partial charge in [0.05, 0.1) is 5.69 Å². The maximum absolute atomic E-state index is 13.3. The van der Waals surface area contributed by atoms with Gasteiger partial charge in [0.25, 0.3) is 10.0 Å². The lowest BCUT2D eigenvalue weighted by molar-refractivity contribution is -0.114. The number of hydrogen-bond donors (Lipinski definition) is 1. The minimum Gasteiger partial charge on any atom is -0.324 e. The van der Waals surface area contributed by atoms with Crippen LogP contribution in [0.4, 0.5) is 15.8 Å². The van der Waals surface area contributed by atoms with E-state index in [0.717, 1.165) is 20.9 Å². The van der Waals surface area contributed by atoms with Crippen LogP contribution < -0.4 is 9.62 Å². The zero-order valence-corrected chi connectivity index (χ0v) is 16.8. The molecule has 0 unspecified atom stereocenters. The molecule has 0 radical (unpaired) electrons. The first-order valence-corrected chi connectivity index (χ1v) is 10.3. The zero-order valence-electron chi connectivity index (χ0n) is 14.4. The first-order chi connectivity index (χ1) is 13.4. The van der Waals surface area contributed by atoms with Crippen molar-refractivity contribution in [3.63, 3.8) is 0 Å². The van der Waals surface area contributed by atoms with Crippen LogP contribution in [-0.4, -0.2) is 25.9 Å². The summed E-state index contributed by atoms with van der Waals surface area (Å²) in [6.45, 7) is -0.491. The molecule has 1 heterocycles. The molecule has 0 aliphatic rings. The highest BCUT2D eigenvalue weighted by molar-refractivity contribution is 9.10. The Hall–Kier alpha value is -2.78. The third-order valence-electron chi connectivity index (χ3n) is 3.73. The van der Waals surface area contributed by atoms with Gasteiger partial charge in [0.2, 0.25) is 5.91 Å². The van der Waals surface area contributed by atoms with Crippen molar-refractivity contribution in [2.45, 2.75) is 4.90 Å². The highest BCUT2D eigenvalue weighted by Gasteiger charge is 2.27. The largest absolute Gasteiger partial charge is 0.324 e. The zero-order chi connectivity index (χ0) is 20.1. The fourth-order valence-corrected chi connectivity index (χ4v) is 4.23. The number of aromatic nitrogens is 1. The van der Waals surface area contributed by atoms with E-state index in [0.29, 0.717) is 5.69 Å². The molecule has 0 spiro atoms. The lowest BCUT2D eigenvalue weighted by atomic mass is 10.3. The molecule has 0 bridgehead atoms. The standard InChI is InChI=1S/C19H15BrFN3O3S/c20-14-3-1-4-16(11-14)23-19(25)13-24(17-8-6-15(21)7-9-17)28(26,27)18-5-2-10-22-12-18/h1-12H,13H2,(H,23,25). The second kappa shape index (κ2) is 8.49. The topological polar surface area (TPSA) is 79.4 Å². The summed E-state index contributed by atoms with van der Waals surface area (Å²) < 4.78 is 41.1. The van der Waals surface area contributed by atoms with Crippen LogP contribution >= 0.6 is 15.9 Å². The Balaban J connectivity index is 1.92. The summed E-state index contributed by atoms with van der Waals surface area (Å²) in [7, 11) is -4.08. The van der Waals surface area contributed by atoms with Gasteiger partial charge in [-0.2, -0.15) is 0 Å². The minimum atomic E-state index is -4.08. The lowest BCUT2D eigenvalue weighted by Gasteiger charge is -2.24. The number of hydrogen-bond acceptors (Lipinski definition) is 4. The first kappa shape index (κ1) is 20.0. The van der Waals surface area contributed by atoms with Crippen molar-refractivity contribution < 1.29 is 17.6 Å². The van der Waals surface area contributed by atoms with Crippen LogP contribution in [0.1, 0.15) is 0 Å². The normalized spacial score (nSPS) is 11.1. The summed E-state index contributed by atoms with van der Waals surface area (Å²) in [5.41, 5.74) is 0.673. The number of carbonyl (C=O) groups excluding carboxylic acids is 1. The van der Waals surface area contributed by atoms with Gasteiger partial charge < -0.3 is 5.32 Å². The number of nitrogens with zero attached hydrogens (tertiary/aromatic N) is 2. The van der Waals surface area contributed by atoms with Crippen molar-refractivity contribution in [2.24, 2.45) is 0 Å². The molecule has 2 aromatic carbocycles. The Morgan fingerprint density at radius 1 is 1.11 bits per heavy atom. The summed E-state index contributed by atoms with van der Waals surface area (Å²) in [5.74, 6) is -1.06. The summed E-state index contributed by atoms with van der Waals surface area (Å²) in [6.07, 6.45) is 2.64. The van der Waals surface area contributed by atoms with Crippen LogP contribution in [0.3, 0.4) is 0 Å². The van der Waals surface area contributed by atoms with E-state index in [-0.39, 0.29) is 10.6 Å². The van der Waals surface area contributed by atoms with E-state index in [1.54, 1.807) is 24.3 Å². The molecule has 144 valence electrons. The van der Waals surface area contributed by atoms with E-state index in [9.17, 15) is 17.6 Å². The molecule has 1 aromatic heterocycles. The van der Waals surface area contributed by atoms with Crippen LogP contribution in [0.15, 0.2) is 82.4 Å². The van der Waals surface area contributed by atoms with Crippen molar-refractivity contribution in [2.75, 3.05) is 16.2 Å². The minimum absolute atomic E-state index is 0.0745. The van der Waals surface area contributed by atoms with E-state index in [1.165, 1.54) is 36.7 Å². The predicted molar refractivity (Wildman–Crippen MR) is 108 cm³/mol. The number of amides is 1. The second-order valence-electron chi connectivity index (χ2n) is 5.74. The van der Waals surface area contributed by atoms with E-state index in [4.69, 9.17) is 0 Å². The van der Waals surface area contributed by atoms with Gasteiger partial charge in [-0.1, -0.05) is 22.0 Å². The molecular formula is C19H15BrFN3O3S. The van der Waals surface area contributed by atoms with Gasteiger partial charge in [-0.15, -0.1) is 0 Å². The van der Waals surface area contributed by atoms with Crippen molar-refractivity contribution in [1.82, 2.24) is 4.98 Å². The molecule has 28 heavy (non-hydrogen) atoms. The van der Waals surface area contributed by atoms with Crippen molar-refractivity contribution in [1.29, 1.82) is 0 Å². The molecule has 0 aliphatic heterocycles.